The highest BCUT2D eigenvalue weighted by atomic mass is 35.5. The molecule has 100 valence electrons. The number of aromatic amines is 1. The summed E-state index contributed by atoms with van der Waals surface area (Å²) in [4.78, 5) is 22.7. The van der Waals surface area contributed by atoms with Gasteiger partial charge >= 0.3 is 5.97 Å². The zero-order valence-electron chi connectivity index (χ0n) is 9.47. The minimum Gasteiger partial charge on any atom is -0.465 e. The predicted octanol–water partition coefficient (Wildman–Crippen LogP) is 0.0843. The largest absolute Gasteiger partial charge is 0.465 e. The van der Waals surface area contributed by atoms with Gasteiger partial charge in [0.1, 0.15) is 6.54 Å². The van der Waals surface area contributed by atoms with Gasteiger partial charge in [0, 0.05) is 11.8 Å². The van der Waals surface area contributed by atoms with Crippen molar-refractivity contribution in [1.29, 1.82) is 0 Å². The lowest BCUT2D eigenvalue weighted by Gasteiger charge is -2.01. The van der Waals surface area contributed by atoms with Crippen LogP contribution in [0.5, 0.6) is 0 Å². The third kappa shape index (κ3) is 5.25. The maximum atomic E-state index is 11.6. The van der Waals surface area contributed by atoms with Crippen molar-refractivity contribution < 1.29 is 9.53 Å². The molecular weight excluding hydrogens is 269 g/mol. The van der Waals surface area contributed by atoms with E-state index in [1.165, 1.54) is 4.68 Å². The summed E-state index contributed by atoms with van der Waals surface area (Å²) in [7, 11) is 0. The van der Waals surface area contributed by atoms with Crippen molar-refractivity contribution in [1.82, 2.24) is 9.78 Å². The molecule has 0 spiro atoms. The maximum absolute atomic E-state index is 11.6. The average Bonchev–Trinajstić information content (AvgIpc) is 2.51. The summed E-state index contributed by atoms with van der Waals surface area (Å²) in [5.41, 5.74) is 5.70. The number of nitrogens with one attached hydrogen (secondary N) is 1. The van der Waals surface area contributed by atoms with Gasteiger partial charge < -0.3 is 15.6 Å². The molecule has 0 fully saturated rings. The number of nitrogens with two attached hydrogens (primary N) is 1. The van der Waals surface area contributed by atoms with Gasteiger partial charge in [0.15, 0.2) is 0 Å². The molecule has 1 heterocycles. The molecule has 3 N–H and O–H groups in total. The van der Waals surface area contributed by atoms with E-state index in [0.717, 1.165) is 0 Å². The molecule has 8 heteroatoms. The van der Waals surface area contributed by atoms with Crippen LogP contribution in [0, 0.1) is 0 Å². The first-order chi connectivity index (χ1) is 7.19. The molecule has 0 amide bonds. The molecule has 0 saturated heterocycles. The fourth-order valence-electron chi connectivity index (χ4n) is 1.24. The van der Waals surface area contributed by atoms with Crippen molar-refractivity contribution in [2.24, 2.45) is 5.73 Å². The Morgan fingerprint density at radius 1 is 1.53 bits per heavy atom. The first-order valence-electron chi connectivity index (χ1n) is 4.81. The summed E-state index contributed by atoms with van der Waals surface area (Å²) in [6, 6.07) is 0. The second-order valence-corrected chi connectivity index (χ2v) is 3.03. The Labute approximate surface area is 111 Å². The Balaban J connectivity index is 0. The molecular formula is C9H17Cl2N3O3. The van der Waals surface area contributed by atoms with E-state index in [4.69, 9.17) is 10.5 Å². The normalized spacial score (nSPS) is 9.06. The van der Waals surface area contributed by atoms with Crippen LogP contribution in [0.2, 0.25) is 0 Å². The number of rotatable bonds is 5. The first-order valence-corrected chi connectivity index (χ1v) is 4.81. The number of hydrogen-bond acceptors (Lipinski definition) is 4. The van der Waals surface area contributed by atoms with Gasteiger partial charge in [-0.3, -0.25) is 9.59 Å². The van der Waals surface area contributed by atoms with E-state index >= 15 is 0 Å². The number of halogens is 2. The van der Waals surface area contributed by atoms with Crippen molar-refractivity contribution in [3.05, 3.63) is 22.1 Å². The summed E-state index contributed by atoms with van der Waals surface area (Å²) < 4.78 is 5.94. The van der Waals surface area contributed by atoms with Crippen molar-refractivity contribution in [3.63, 3.8) is 0 Å². The Hall–Kier alpha value is -0.980. The van der Waals surface area contributed by atoms with Gasteiger partial charge in [-0.15, -0.1) is 24.8 Å². The monoisotopic (exact) mass is 285 g/mol. The van der Waals surface area contributed by atoms with Gasteiger partial charge in [-0.05, 0) is 19.9 Å². The zero-order valence-corrected chi connectivity index (χ0v) is 11.1. The lowest BCUT2D eigenvalue weighted by Crippen LogP contribution is -2.25. The number of esters is 1. The third-order valence-electron chi connectivity index (χ3n) is 1.92. The number of ether oxygens (including phenoxy) is 1. The van der Waals surface area contributed by atoms with Gasteiger partial charge in [-0.25, -0.2) is 4.68 Å². The van der Waals surface area contributed by atoms with Crippen molar-refractivity contribution in [2.75, 3.05) is 13.2 Å². The van der Waals surface area contributed by atoms with Crippen LogP contribution in [-0.2, 0) is 22.5 Å². The van der Waals surface area contributed by atoms with Crippen molar-refractivity contribution in [3.8, 4) is 0 Å². The number of H-pyrrole nitrogens is 1. The van der Waals surface area contributed by atoms with E-state index in [-0.39, 0.29) is 36.9 Å². The lowest BCUT2D eigenvalue weighted by molar-refractivity contribution is -0.144. The van der Waals surface area contributed by atoms with Crippen molar-refractivity contribution >= 4 is 30.8 Å². The summed E-state index contributed by atoms with van der Waals surface area (Å²) >= 11 is 0. The van der Waals surface area contributed by atoms with Gasteiger partial charge in [-0.2, -0.15) is 0 Å². The predicted molar refractivity (Wildman–Crippen MR) is 68.9 cm³/mol. The molecule has 1 rings (SSSR count). The third-order valence-corrected chi connectivity index (χ3v) is 1.92. The summed E-state index contributed by atoms with van der Waals surface area (Å²) in [5.74, 6) is -0.430. The fourth-order valence-corrected chi connectivity index (χ4v) is 1.24. The molecule has 6 nitrogen and oxygen atoms in total. The van der Waals surface area contributed by atoms with Crippen molar-refractivity contribution in [2.45, 2.75) is 19.9 Å². The minimum absolute atomic E-state index is 0. The van der Waals surface area contributed by atoms with Crippen LogP contribution in [-0.4, -0.2) is 28.9 Å². The molecule has 0 aliphatic carbocycles. The zero-order chi connectivity index (χ0) is 11.3. The van der Waals surface area contributed by atoms with Gasteiger partial charge in [0.2, 0.25) is 0 Å². The van der Waals surface area contributed by atoms with Crippen LogP contribution in [0.15, 0.2) is 11.0 Å². The number of carbonyl (C=O) groups is 1. The molecule has 0 saturated carbocycles. The Kier molecular flexibility index (Phi) is 9.83. The van der Waals surface area contributed by atoms with E-state index in [0.29, 0.717) is 25.1 Å². The van der Waals surface area contributed by atoms with E-state index in [9.17, 15) is 9.59 Å². The fraction of sp³-hybridized carbons (Fsp3) is 0.556. The molecule has 0 radical (unpaired) electrons. The van der Waals surface area contributed by atoms with E-state index < -0.39 is 5.97 Å². The highest BCUT2D eigenvalue weighted by Crippen LogP contribution is 1.91. The van der Waals surface area contributed by atoms with Crippen LogP contribution < -0.4 is 11.3 Å². The lowest BCUT2D eigenvalue weighted by atomic mass is 10.2. The number of carbonyl (C=O) groups excluding carboxylic acids is 1. The maximum Gasteiger partial charge on any atom is 0.327 e. The first kappa shape index (κ1) is 18.4. The van der Waals surface area contributed by atoms with E-state index in [1.807, 2.05) is 0 Å². The quantitative estimate of drug-likeness (QED) is 0.750. The Morgan fingerprint density at radius 3 is 2.71 bits per heavy atom. The summed E-state index contributed by atoms with van der Waals surface area (Å²) in [5, 5.41) is 2.70. The molecule has 0 unspecified atom stereocenters. The van der Waals surface area contributed by atoms with Crippen LogP contribution in [0.3, 0.4) is 0 Å². The summed E-state index contributed by atoms with van der Waals surface area (Å²) in [6.45, 7) is 2.35. The molecule has 1 aromatic rings. The van der Waals surface area contributed by atoms with Gasteiger partial charge in [0.25, 0.3) is 5.56 Å². The molecule has 0 aliphatic rings. The Bertz CT molecular complexity index is 389. The smallest absolute Gasteiger partial charge is 0.327 e. The number of nitrogens with zero attached hydrogens (tertiary/aromatic N) is 1. The highest BCUT2D eigenvalue weighted by Gasteiger charge is 2.09. The number of aromatic nitrogens is 2. The molecule has 17 heavy (non-hydrogen) atoms. The highest BCUT2D eigenvalue weighted by molar-refractivity contribution is 5.85. The van der Waals surface area contributed by atoms with Crippen LogP contribution in [0.4, 0.5) is 0 Å². The molecule has 0 atom stereocenters. The topological polar surface area (TPSA) is 90.1 Å². The molecule has 0 aromatic carbocycles. The standard InChI is InChI=1S/C9H15N3O3.2ClH/c1-2-15-8(13)6-12-9(14)7(3-4-10)5-11-12;;/h5,11H,2-4,6,10H2,1H3;2*1H. The van der Waals surface area contributed by atoms with E-state index in [1.54, 1.807) is 13.1 Å². The Morgan fingerprint density at radius 2 is 2.18 bits per heavy atom. The summed E-state index contributed by atoms with van der Waals surface area (Å²) in [6.07, 6.45) is 2.07. The second-order valence-electron chi connectivity index (χ2n) is 3.03. The molecule has 0 aliphatic heterocycles. The minimum atomic E-state index is -0.430. The van der Waals surface area contributed by atoms with Gasteiger partial charge in [-0.1, -0.05) is 0 Å². The molecule has 1 aromatic heterocycles. The van der Waals surface area contributed by atoms with Crippen LogP contribution in [0.1, 0.15) is 12.5 Å². The SMILES string of the molecule is CCOC(=O)Cn1[nH]cc(CCN)c1=O.Cl.Cl. The molecule has 0 bridgehead atoms. The van der Waals surface area contributed by atoms with Gasteiger partial charge in [0.05, 0.1) is 6.61 Å². The van der Waals surface area contributed by atoms with Crippen LogP contribution in [0.25, 0.3) is 0 Å². The van der Waals surface area contributed by atoms with E-state index in [2.05, 4.69) is 5.10 Å². The average molecular weight is 286 g/mol. The number of hydrogen-bond donors (Lipinski definition) is 2. The second kappa shape index (κ2) is 9.09. The van der Waals surface area contributed by atoms with Crippen LogP contribution >= 0.6 is 24.8 Å².